The van der Waals surface area contributed by atoms with E-state index in [1.807, 2.05) is 12.1 Å². The number of nitrogens with one attached hydrogen (secondary N) is 1. The van der Waals surface area contributed by atoms with Gasteiger partial charge in [0.15, 0.2) is 0 Å². The molecule has 0 amide bonds. The first-order chi connectivity index (χ1) is 11.8. The van der Waals surface area contributed by atoms with Crippen molar-refractivity contribution in [2.75, 3.05) is 6.54 Å². The molecule has 1 aliphatic carbocycles. The van der Waals surface area contributed by atoms with E-state index in [-0.39, 0.29) is 0 Å². The highest BCUT2D eigenvalue weighted by atomic mass is 16.3. The van der Waals surface area contributed by atoms with E-state index in [9.17, 15) is 5.11 Å². The van der Waals surface area contributed by atoms with Gasteiger partial charge in [-0.2, -0.15) is 0 Å². The Morgan fingerprint density at radius 3 is 2.58 bits per heavy atom. The molecule has 0 aliphatic heterocycles. The molecule has 2 unspecified atom stereocenters. The molecular weight excluding hydrogens is 294 g/mol. The highest BCUT2D eigenvalue weighted by Gasteiger charge is 2.26. The molecule has 2 aromatic carbocycles. The monoisotopic (exact) mass is 323 g/mol. The van der Waals surface area contributed by atoms with E-state index >= 15 is 0 Å². The van der Waals surface area contributed by atoms with Gasteiger partial charge in [-0.1, -0.05) is 55.3 Å². The van der Waals surface area contributed by atoms with E-state index in [0.717, 1.165) is 6.54 Å². The maximum Gasteiger partial charge on any atom is 0.115 e. The first kappa shape index (κ1) is 17.0. The van der Waals surface area contributed by atoms with Crippen LogP contribution in [-0.4, -0.2) is 17.7 Å². The molecule has 0 bridgehead atoms. The summed E-state index contributed by atoms with van der Waals surface area (Å²) in [4.78, 5) is 0. The van der Waals surface area contributed by atoms with E-state index in [1.54, 1.807) is 6.07 Å². The van der Waals surface area contributed by atoms with Gasteiger partial charge in [0.1, 0.15) is 5.75 Å². The smallest absolute Gasteiger partial charge is 0.115 e. The summed E-state index contributed by atoms with van der Waals surface area (Å²) in [7, 11) is 0. The van der Waals surface area contributed by atoms with E-state index in [4.69, 9.17) is 0 Å². The van der Waals surface area contributed by atoms with Crippen LogP contribution in [0.3, 0.4) is 0 Å². The molecule has 0 spiro atoms. The molecule has 0 radical (unpaired) electrons. The van der Waals surface area contributed by atoms with E-state index < -0.39 is 0 Å². The number of unbranched alkanes of at least 4 members (excludes halogenated alkanes) is 1. The summed E-state index contributed by atoms with van der Waals surface area (Å²) in [5.74, 6) is 0.930. The Morgan fingerprint density at radius 2 is 1.75 bits per heavy atom. The van der Waals surface area contributed by atoms with E-state index in [2.05, 4.69) is 41.7 Å². The second-order valence-electron chi connectivity index (χ2n) is 6.99. The Kier molecular flexibility index (Phi) is 6.31. The molecule has 3 rings (SSSR count). The third kappa shape index (κ3) is 4.85. The van der Waals surface area contributed by atoms with Crippen molar-refractivity contribution in [3.05, 3.63) is 65.7 Å². The van der Waals surface area contributed by atoms with Gasteiger partial charge in [-0.05, 0) is 67.8 Å². The van der Waals surface area contributed by atoms with Crippen molar-refractivity contribution < 1.29 is 5.11 Å². The minimum atomic E-state index is 0.389. The normalized spacial score (nSPS) is 20.8. The van der Waals surface area contributed by atoms with Crippen molar-refractivity contribution in [3.63, 3.8) is 0 Å². The average Bonchev–Trinajstić information content (AvgIpc) is 2.63. The summed E-state index contributed by atoms with van der Waals surface area (Å²) in [6.45, 7) is 1.09. The fourth-order valence-electron chi connectivity index (χ4n) is 3.92. The zero-order valence-electron chi connectivity index (χ0n) is 14.5. The van der Waals surface area contributed by atoms with Gasteiger partial charge < -0.3 is 10.4 Å². The fraction of sp³-hybridized carbons (Fsp3) is 0.455. The standard InChI is InChI=1S/C22H29NO/c24-20-13-8-12-19(17-20)21-14-4-5-15-22(21)23-16-7-6-11-18-9-2-1-3-10-18/h1-3,8-10,12-13,17,21-24H,4-7,11,14-16H2. The number of aromatic hydroxyl groups is 1. The summed E-state index contributed by atoms with van der Waals surface area (Å²) < 4.78 is 0. The lowest BCUT2D eigenvalue weighted by molar-refractivity contribution is 0.325. The van der Waals surface area contributed by atoms with Crippen LogP contribution in [0.4, 0.5) is 0 Å². The Balaban J connectivity index is 1.46. The highest BCUT2D eigenvalue weighted by molar-refractivity contribution is 5.31. The molecule has 0 heterocycles. The van der Waals surface area contributed by atoms with Crippen LogP contribution in [0.1, 0.15) is 55.6 Å². The minimum absolute atomic E-state index is 0.389. The molecule has 2 aromatic rings. The summed E-state index contributed by atoms with van der Waals surface area (Å²) in [5.41, 5.74) is 2.73. The van der Waals surface area contributed by atoms with Crippen LogP contribution >= 0.6 is 0 Å². The van der Waals surface area contributed by atoms with Gasteiger partial charge in [-0.15, -0.1) is 0 Å². The van der Waals surface area contributed by atoms with Crippen LogP contribution in [0.15, 0.2) is 54.6 Å². The number of hydrogen-bond acceptors (Lipinski definition) is 2. The first-order valence-corrected chi connectivity index (χ1v) is 9.39. The zero-order valence-corrected chi connectivity index (χ0v) is 14.5. The molecule has 2 nitrogen and oxygen atoms in total. The van der Waals surface area contributed by atoms with Crippen LogP contribution in [0, 0.1) is 0 Å². The van der Waals surface area contributed by atoms with Crippen LogP contribution < -0.4 is 5.32 Å². The van der Waals surface area contributed by atoms with Crippen molar-refractivity contribution in [3.8, 4) is 5.75 Å². The number of hydrogen-bond donors (Lipinski definition) is 2. The number of phenolic OH excluding ortho intramolecular Hbond substituents is 1. The predicted molar refractivity (Wildman–Crippen MR) is 100 cm³/mol. The molecule has 2 N–H and O–H groups in total. The molecule has 128 valence electrons. The summed E-state index contributed by atoms with van der Waals surface area (Å²) >= 11 is 0. The maximum absolute atomic E-state index is 9.76. The van der Waals surface area contributed by atoms with Gasteiger partial charge in [0, 0.05) is 6.04 Å². The molecule has 2 atom stereocenters. The summed E-state index contributed by atoms with van der Waals surface area (Å²) in [6.07, 6.45) is 8.72. The second kappa shape index (κ2) is 8.89. The molecule has 0 saturated heterocycles. The van der Waals surface area contributed by atoms with Gasteiger partial charge in [0.05, 0.1) is 0 Å². The number of phenols is 1. The average molecular weight is 323 g/mol. The van der Waals surface area contributed by atoms with Gasteiger partial charge in [0.2, 0.25) is 0 Å². The van der Waals surface area contributed by atoms with Crippen molar-refractivity contribution >= 4 is 0 Å². The lowest BCUT2D eigenvalue weighted by Crippen LogP contribution is -2.37. The summed E-state index contributed by atoms with van der Waals surface area (Å²) in [6, 6.07) is 19.1. The molecule has 0 aromatic heterocycles. The lowest BCUT2D eigenvalue weighted by Gasteiger charge is -2.33. The van der Waals surface area contributed by atoms with Gasteiger partial charge in [-0.25, -0.2) is 0 Å². The molecule has 24 heavy (non-hydrogen) atoms. The SMILES string of the molecule is Oc1cccc(C2CCCCC2NCCCCc2ccccc2)c1. The molecule has 1 aliphatic rings. The Bertz CT molecular complexity index is 610. The van der Waals surface area contributed by atoms with Crippen LogP contribution in [0.25, 0.3) is 0 Å². The topological polar surface area (TPSA) is 32.3 Å². The molecular formula is C22H29NO. The predicted octanol–water partition coefficient (Wildman–Crippen LogP) is 5.03. The Morgan fingerprint density at radius 1 is 0.917 bits per heavy atom. The highest BCUT2D eigenvalue weighted by Crippen LogP contribution is 2.34. The largest absolute Gasteiger partial charge is 0.508 e. The van der Waals surface area contributed by atoms with Crippen molar-refractivity contribution in [1.29, 1.82) is 0 Å². The number of benzene rings is 2. The Hall–Kier alpha value is -1.80. The van der Waals surface area contributed by atoms with Crippen molar-refractivity contribution in [2.24, 2.45) is 0 Å². The Labute approximate surface area is 145 Å². The zero-order chi connectivity index (χ0) is 16.6. The first-order valence-electron chi connectivity index (χ1n) is 9.39. The minimum Gasteiger partial charge on any atom is -0.508 e. The quantitative estimate of drug-likeness (QED) is 0.700. The van der Waals surface area contributed by atoms with E-state index in [1.165, 1.54) is 56.1 Å². The van der Waals surface area contributed by atoms with Crippen molar-refractivity contribution in [1.82, 2.24) is 5.32 Å². The molecule has 2 heteroatoms. The summed E-state index contributed by atoms with van der Waals surface area (Å²) in [5, 5.41) is 13.6. The molecule has 1 fully saturated rings. The maximum atomic E-state index is 9.76. The third-order valence-electron chi connectivity index (χ3n) is 5.21. The van der Waals surface area contributed by atoms with Gasteiger partial charge in [-0.3, -0.25) is 0 Å². The number of aryl methyl sites for hydroxylation is 1. The fourth-order valence-corrected chi connectivity index (χ4v) is 3.92. The van der Waals surface area contributed by atoms with Crippen molar-refractivity contribution in [2.45, 2.75) is 56.9 Å². The molecule has 1 saturated carbocycles. The van der Waals surface area contributed by atoms with Gasteiger partial charge >= 0.3 is 0 Å². The van der Waals surface area contributed by atoms with Crippen LogP contribution in [-0.2, 0) is 6.42 Å². The van der Waals surface area contributed by atoms with Crippen LogP contribution in [0.5, 0.6) is 5.75 Å². The number of rotatable bonds is 7. The lowest BCUT2D eigenvalue weighted by atomic mass is 9.80. The van der Waals surface area contributed by atoms with Gasteiger partial charge in [0.25, 0.3) is 0 Å². The third-order valence-corrected chi connectivity index (χ3v) is 5.21. The van der Waals surface area contributed by atoms with E-state index in [0.29, 0.717) is 17.7 Å². The van der Waals surface area contributed by atoms with Crippen LogP contribution in [0.2, 0.25) is 0 Å². The second-order valence-corrected chi connectivity index (χ2v) is 6.99.